The van der Waals surface area contributed by atoms with Gasteiger partial charge in [0.15, 0.2) is 0 Å². The van der Waals surface area contributed by atoms with Crippen molar-refractivity contribution >= 4 is 5.91 Å². The molecule has 1 amide bonds. The van der Waals surface area contributed by atoms with Gasteiger partial charge in [-0.25, -0.2) is 0 Å². The summed E-state index contributed by atoms with van der Waals surface area (Å²) in [5, 5.41) is 3.35. The summed E-state index contributed by atoms with van der Waals surface area (Å²) in [6.45, 7) is 1.94. The molecular formula is C15H28N2O2. The number of likely N-dealkylation sites (N-methyl/N-ethyl adjacent to an activating group) is 1. The Hall–Kier alpha value is -0.610. The van der Waals surface area contributed by atoms with E-state index >= 15 is 0 Å². The second-order valence-electron chi connectivity index (χ2n) is 6.20. The summed E-state index contributed by atoms with van der Waals surface area (Å²) in [4.78, 5) is 13.7. The van der Waals surface area contributed by atoms with Crippen LogP contribution in [-0.4, -0.2) is 50.2 Å². The lowest BCUT2D eigenvalue weighted by Gasteiger charge is -2.31. The molecule has 0 aromatic rings. The normalized spacial score (nSPS) is 31.4. The fourth-order valence-corrected chi connectivity index (χ4v) is 3.26. The molecule has 4 heteroatoms. The monoisotopic (exact) mass is 268 g/mol. The van der Waals surface area contributed by atoms with Crippen molar-refractivity contribution in [3.63, 3.8) is 0 Å². The van der Waals surface area contributed by atoms with Crippen LogP contribution >= 0.6 is 0 Å². The Bertz CT molecular complexity index is 288. The molecular weight excluding hydrogens is 240 g/mol. The summed E-state index contributed by atoms with van der Waals surface area (Å²) < 4.78 is 5.66. The number of rotatable bonds is 5. The maximum Gasteiger partial charge on any atom is 0.239 e. The Morgan fingerprint density at radius 1 is 1.32 bits per heavy atom. The summed E-state index contributed by atoms with van der Waals surface area (Å²) in [7, 11) is 3.68. The number of carbonyl (C=O) groups is 1. The van der Waals surface area contributed by atoms with Gasteiger partial charge < -0.3 is 15.0 Å². The van der Waals surface area contributed by atoms with Gasteiger partial charge in [-0.05, 0) is 44.6 Å². The minimum atomic E-state index is 0.0384. The number of nitrogens with one attached hydrogen (secondary N) is 1. The fraction of sp³-hybridized carbons (Fsp3) is 0.933. The summed E-state index contributed by atoms with van der Waals surface area (Å²) in [5.41, 5.74) is 0. The SMILES string of the molecule is CN(C)C(=O)C1CC(CCCC2CCCO2)CCN1. The van der Waals surface area contributed by atoms with E-state index in [9.17, 15) is 4.79 Å². The molecule has 3 unspecified atom stereocenters. The third-order valence-corrected chi connectivity index (χ3v) is 4.41. The van der Waals surface area contributed by atoms with Crippen LogP contribution in [0.2, 0.25) is 0 Å². The Labute approximate surface area is 116 Å². The number of nitrogens with zero attached hydrogens (tertiary/aromatic N) is 1. The van der Waals surface area contributed by atoms with E-state index in [1.165, 1.54) is 38.5 Å². The van der Waals surface area contributed by atoms with E-state index in [4.69, 9.17) is 4.74 Å². The average Bonchev–Trinajstić information content (AvgIpc) is 2.91. The number of hydrogen-bond acceptors (Lipinski definition) is 3. The van der Waals surface area contributed by atoms with Crippen molar-refractivity contribution in [2.75, 3.05) is 27.2 Å². The highest BCUT2D eigenvalue weighted by Gasteiger charge is 2.27. The average molecular weight is 268 g/mol. The third kappa shape index (κ3) is 4.46. The van der Waals surface area contributed by atoms with E-state index in [0.29, 0.717) is 12.0 Å². The van der Waals surface area contributed by atoms with Crippen LogP contribution in [0, 0.1) is 5.92 Å². The zero-order valence-corrected chi connectivity index (χ0v) is 12.4. The number of ether oxygens (including phenoxy) is 1. The highest BCUT2D eigenvalue weighted by molar-refractivity contribution is 5.81. The van der Waals surface area contributed by atoms with Gasteiger partial charge in [-0.2, -0.15) is 0 Å². The van der Waals surface area contributed by atoms with Crippen LogP contribution in [-0.2, 0) is 9.53 Å². The lowest BCUT2D eigenvalue weighted by Crippen LogP contribution is -2.48. The summed E-state index contributed by atoms with van der Waals surface area (Å²) in [6, 6.07) is 0.0384. The van der Waals surface area contributed by atoms with Crippen LogP contribution in [0.3, 0.4) is 0 Å². The van der Waals surface area contributed by atoms with Gasteiger partial charge in [0.1, 0.15) is 0 Å². The molecule has 2 aliphatic heterocycles. The van der Waals surface area contributed by atoms with Crippen molar-refractivity contribution in [2.24, 2.45) is 5.92 Å². The van der Waals surface area contributed by atoms with Gasteiger partial charge in [0, 0.05) is 20.7 Å². The second kappa shape index (κ2) is 7.25. The van der Waals surface area contributed by atoms with Gasteiger partial charge in [0.05, 0.1) is 12.1 Å². The predicted molar refractivity (Wildman–Crippen MR) is 76.0 cm³/mol. The molecule has 0 saturated carbocycles. The van der Waals surface area contributed by atoms with Crippen LogP contribution in [0.5, 0.6) is 0 Å². The van der Waals surface area contributed by atoms with Crippen LogP contribution < -0.4 is 5.32 Å². The van der Waals surface area contributed by atoms with E-state index < -0.39 is 0 Å². The molecule has 1 N–H and O–H groups in total. The molecule has 2 aliphatic rings. The number of piperidine rings is 1. The van der Waals surface area contributed by atoms with Crippen LogP contribution in [0.1, 0.15) is 44.9 Å². The van der Waals surface area contributed by atoms with Crippen molar-refractivity contribution < 1.29 is 9.53 Å². The molecule has 0 spiro atoms. The topological polar surface area (TPSA) is 41.6 Å². The summed E-state index contributed by atoms with van der Waals surface area (Å²) in [5.74, 6) is 0.931. The largest absolute Gasteiger partial charge is 0.378 e. The molecule has 19 heavy (non-hydrogen) atoms. The van der Waals surface area contributed by atoms with Gasteiger partial charge >= 0.3 is 0 Å². The minimum absolute atomic E-state index is 0.0384. The molecule has 3 atom stereocenters. The minimum Gasteiger partial charge on any atom is -0.378 e. The smallest absolute Gasteiger partial charge is 0.239 e. The van der Waals surface area contributed by atoms with E-state index in [0.717, 1.165) is 19.6 Å². The molecule has 2 heterocycles. The molecule has 4 nitrogen and oxygen atoms in total. The molecule has 0 radical (unpaired) electrons. The molecule has 2 fully saturated rings. The first-order valence-electron chi connectivity index (χ1n) is 7.73. The Kier molecular flexibility index (Phi) is 5.64. The van der Waals surface area contributed by atoms with Gasteiger partial charge in [0.25, 0.3) is 0 Å². The second-order valence-corrected chi connectivity index (χ2v) is 6.20. The number of amides is 1. The van der Waals surface area contributed by atoms with Gasteiger partial charge in [-0.15, -0.1) is 0 Å². The van der Waals surface area contributed by atoms with E-state index in [1.54, 1.807) is 4.90 Å². The zero-order valence-electron chi connectivity index (χ0n) is 12.4. The standard InChI is InChI=1S/C15H28N2O2/c1-17(2)15(18)14-11-12(8-9-16-14)5-3-6-13-7-4-10-19-13/h12-14,16H,3-11H2,1-2H3. The van der Waals surface area contributed by atoms with Crippen molar-refractivity contribution in [1.82, 2.24) is 10.2 Å². The van der Waals surface area contributed by atoms with E-state index in [2.05, 4.69) is 5.32 Å². The molecule has 110 valence electrons. The quantitative estimate of drug-likeness (QED) is 0.826. The first kappa shape index (κ1) is 14.8. The Morgan fingerprint density at radius 2 is 2.16 bits per heavy atom. The predicted octanol–water partition coefficient (Wildman–Crippen LogP) is 1.79. The molecule has 2 rings (SSSR count). The van der Waals surface area contributed by atoms with Gasteiger partial charge in [-0.3, -0.25) is 4.79 Å². The van der Waals surface area contributed by atoms with E-state index in [1.807, 2.05) is 14.1 Å². The Balaban J connectivity index is 1.67. The zero-order chi connectivity index (χ0) is 13.7. The fourth-order valence-electron chi connectivity index (χ4n) is 3.26. The lowest BCUT2D eigenvalue weighted by molar-refractivity contribution is -0.131. The lowest BCUT2D eigenvalue weighted by atomic mass is 9.87. The molecule has 0 aromatic carbocycles. The molecule has 0 aromatic heterocycles. The summed E-state index contributed by atoms with van der Waals surface area (Å²) in [6.07, 6.45) is 8.91. The summed E-state index contributed by atoms with van der Waals surface area (Å²) >= 11 is 0. The van der Waals surface area contributed by atoms with Gasteiger partial charge in [0.2, 0.25) is 5.91 Å². The van der Waals surface area contributed by atoms with Crippen molar-refractivity contribution in [1.29, 1.82) is 0 Å². The number of carbonyl (C=O) groups excluding carboxylic acids is 1. The highest BCUT2D eigenvalue weighted by atomic mass is 16.5. The van der Waals surface area contributed by atoms with Crippen LogP contribution in [0.4, 0.5) is 0 Å². The Morgan fingerprint density at radius 3 is 2.84 bits per heavy atom. The molecule has 0 bridgehead atoms. The van der Waals surface area contributed by atoms with Crippen molar-refractivity contribution in [3.8, 4) is 0 Å². The molecule has 0 aliphatic carbocycles. The van der Waals surface area contributed by atoms with Crippen LogP contribution in [0.25, 0.3) is 0 Å². The maximum atomic E-state index is 12.0. The van der Waals surface area contributed by atoms with E-state index in [-0.39, 0.29) is 11.9 Å². The number of hydrogen-bond donors (Lipinski definition) is 1. The van der Waals surface area contributed by atoms with Crippen molar-refractivity contribution in [3.05, 3.63) is 0 Å². The highest BCUT2D eigenvalue weighted by Crippen LogP contribution is 2.25. The van der Waals surface area contributed by atoms with Crippen molar-refractivity contribution in [2.45, 2.75) is 57.1 Å². The van der Waals surface area contributed by atoms with Crippen LogP contribution in [0.15, 0.2) is 0 Å². The third-order valence-electron chi connectivity index (χ3n) is 4.41. The molecule has 2 saturated heterocycles. The van der Waals surface area contributed by atoms with Gasteiger partial charge in [-0.1, -0.05) is 12.8 Å². The first-order chi connectivity index (χ1) is 9.16. The first-order valence-corrected chi connectivity index (χ1v) is 7.73. The maximum absolute atomic E-state index is 12.0.